The molecule has 0 atom stereocenters. The normalized spacial score (nSPS) is 10.4. The Kier molecular flexibility index (Phi) is 3.43. The van der Waals surface area contributed by atoms with Crippen LogP contribution >= 0.6 is 11.8 Å². The van der Waals surface area contributed by atoms with Gasteiger partial charge < -0.3 is 5.73 Å². The van der Waals surface area contributed by atoms with Crippen LogP contribution in [-0.4, -0.2) is 26.9 Å². The molecule has 0 radical (unpaired) electrons. The van der Waals surface area contributed by atoms with Crippen LogP contribution in [0.1, 0.15) is 10.4 Å². The Hall–Kier alpha value is -1.82. The molecule has 2 N–H and O–H groups in total. The zero-order valence-corrected chi connectivity index (χ0v) is 10.1. The largest absolute Gasteiger partial charge is 0.366 e. The maximum Gasteiger partial charge on any atom is 0.252 e. The first-order valence-electron chi connectivity index (χ1n) is 5.03. The summed E-state index contributed by atoms with van der Waals surface area (Å²) in [5.41, 5.74) is 6.35. The molecule has 0 aliphatic heterocycles. The number of hydrogen-bond acceptors (Lipinski definition) is 5. The smallest absolute Gasteiger partial charge is 0.252 e. The molecule has 1 heterocycles. The molecule has 0 aliphatic carbocycles. The molecule has 17 heavy (non-hydrogen) atoms. The lowest BCUT2D eigenvalue weighted by Crippen LogP contribution is -2.14. The summed E-state index contributed by atoms with van der Waals surface area (Å²) in [5.74, 6) is -0.0350. The van der Waals surface area contributed by atoms with Gasteiger partial charge in [-0.25, -0.2) is 4.98 Å². The van der Waals surface area contributed by atoms with E-state index in [0.717, 1.165) is 10.5 Å². The Morgan fingerprint density at radius 1 is 1.47 bits per heavy atom. The first kappa shape index (κ1) is 11.7. The van der Waals surface area contributed by atoms with E-state index in [0.29, 0.717) is 6.42 Å². The Balaban J connectivity index is 2.18. The number of nitrogens with zero attached hydrogens (tertiary/aromatic N) is 3. The van der Waals surface area contributed by atoms with Crippen LogP contribution in [0, 0.1) is 0 Å². The van der Waals surface area contributed by atoms with E-state index in [2.05, 4.69) is 10.1 Å². The highest BCUT2D eigenvalue weighted by molar-refractivity contribution is 7.98. The standard InChI is InChI=1S/C11H12N4OS/c1-17-9-5-3-2-4-8(9)6-10(16)15-7-13-11(12)14-15/h2-5,7H,6H2,1H3,(H2,12,14). The molecule has 0 unspecified atom stereocenters. The van der Waals surface area contributed by atoms with Gasteiger partial charge in [-0.15, -0.1) is 16.9 Å². The molecular weight excluding hydrogens is 236 g/mol. The molecule has 1 aromatic carbocycles. The first-order valence-corrected chi connectivity index (χ1v) is 6.25. The molecule has 5 nitrogen and oxygen atoms in total. The van der Waals surface area contributed by atoms with Crippen molar-refractivity contribution in [1.29, 1.82) is 0 Å². The van der Waals surface area contributed by atoms with Crippen molar-refractivity contribution in [2.45, 2.75) is 11.3 Å². The van der Waals surface area contributed by atoms with Gasteiger partial charge in [0.25, 0.3) is 5.91 Å². The number of rotatable bonds is 3. The molecule has 2 rings (SSSR count). The van der Waals surface area contributed by atoms with Gasteiger partial charge in [0, 0.05) is 4.90 Å². The molecule has 0 fully saturated rings. The number of carbonyl (C=O) groups excluding carboxylic acids is 1. The fourth-order valence-corrected chi connectivity index (χ4v) is 2.11. The first-order chi connectivity index (χ1) is 8.20. The predicted octanol–water partition coefficient (Wildman–Crippen LogP) is 1.47. The number of thioether (sulfide) groups is 1. The Bertz CT molecular complexity index is 538. The quantitative estimate of drug-likeness (QED) is 0.832. The van der Waals surface area contributed by atoms with Crippen molar-refractivity contribution in [3.8, 4) is 0 Å². The van der Waals surface area contributed by atoms with Crippen LogP contribution in [0.15, 0.2) is 35.5 Å². The highest BCUT2D eigenvalue weighted by Gasteiger charge is 2.10. The molecule has 0 bridgehead atoms. The van der Waals surface area contributed by atoms with Crippen molar-refractivity contribution in [1.82, 2.24) is 14.8 Å². The van der Waals surface area contributed by atoms with Gasteiger partial charge in [0.2, 0.25) is 5.95 Å². The second kappa shape index (κ2) is 5.01. The van der Waals surface area contributed by atoms with Crippen LogP contribution in [0.2, 0.25) is 0 Å². The minimum atomic E-state index is -0.143. The lowest BCUT2D eigenvalue weighted by Gasteiger charge is -2.05. The summed E-state index contributed by atoms with van der Waals surface area (Å²) in [6.07, 6.45) is 3.61. The molecule has 88 valence electrons. The van der Waals surface area contributed by atoms with E-state index in [1.54, 1.807) is 11.8 Å². The lowest BCUT2D eigenvalue weighted by atomic mass is 10.1. The van der Waals surface area contributed by atoms with E-state index in [9.17, 15) is 4.79 Å². The van der Waals surface area contributed by atoms with Gasteiger partial charge in [0.15, 0.2) is 0 Å². The molecule has 0 spiro atoms. The summed E-state index contributed by atoms with van der Waals surface area (Å²) in [7, 11) is 0. The lowest BCUT2D eigenvalue weighted by molar-refractivity contribution is 0.0897. The Morgan fingerprint density at radius 2 is 2.24 bits per heavy atom. The van der Waals surface area contributed by atoms with Gasteiger partial charge >= 0.3 is 0 Å². The number of benzene rings is 1. The zero-order valence-electron chi connectivity index (χ0n) is 9.33. The Labute approximate surface area is 103 Å². The fraction of sp³-hybridized carbons (Fsp3) is 0.182. The monoisotopic (exact) mass is 248 g/mol. The van der Waals surface area contributed by atoms with Crippen LogP contribution in [0.4, 0.5) is 5.95 Å². The summed E-state index contributed by atoms with van der Waals surface area (Å²) in [6, 6.07) is 7.79. The van der Waals surface area contributed by atoms with E-state index >= 15 is 0 Å². The third kappa shape index (κ3) is 2.65. The van der Waals surface area contributed by atoms with Crippen LogP contribution in [0.5, 0.6) is 0 Å². The average molecular weight is 248 g/mol. The van der Waals surface area contributed by atoms with Crippen molar-refractivity contribution in [3.63, 3.8) is 0 Å². The van der Waals surface area contributed by atoms with Crippen molar-refractivity contribution in [2.75, 3.05) is 12.0 Å². The maximum absolute atomic E-state index is 11.9. The van der Waals surface area contributed by atoms with Crippen molar-refractivity contribution in [2.24, 2.45) is 0 Å². The molecule has 0 saturated carbocycles. The van der Waals surface area contributed by atoms with Crippen molar-refractivity contribution < 1.29 is 4.79 Å². The van der Waals surface area contributed by atoms with Crippen LogP contribution in [-0.2, 0) is 6.42 Å². The second-order valence-electron chi connectivity index (χ2n) is 3.43. The van der Waals surface area contributed by atoms with Crippen molar-refractivity contribution >= 4 is 23.6 Å². The summed E-state index contributed by atoms with van der Waals surface area (Å²) in [4.78, 5) is 16.7. The summed E-state index contributed by atoms with van der Waals surface area (Å²) < 4.78 is 1.17. The maximum atomic E-state index is 11.9. The third-order valence-corrected chi connectivity index (χ3v) is 3.14. The van der Waals surface area contributed by atoms with E-state index in [4.69, 9.17) is 5.73 Å². The highest BCUT2D eigenvalue weighted by Crippen LogP contribution is 2.20. The number of nitrogen functional groups attached to an aromatic ring is 1. The number of hydrogen-bond donors (Lipinski definition) is 1. The topological polar surface area (TPSA) is 73.8 Å². The summed E-state index contributed by atoms with van der Waals surface area (Å²) >= 11 is 1.62. The second-order valence-corrected chi connectivity index (χ2v) is 4.28. The van der Waals surface area contributed by atoms with Crippen LogP contribution < -0.4 is 5.73 Å². The molecule has 0 saturated heterocycles. The van der Waals surface area contributed by atoms with Gasteiger partial charge in [0.1, 0.15) is 6.33 Å². The van der Waals surface area contributed by atoms with Gasteiger partial charge in [-0.2, -0.15) is 4.68 Å². The minimum absolute atomic E-state index is 0.108. The third-order valence-electron chi connectivity index (χ3n) is 2.30. The number of nitrogens with two attached hydrogens (primary N) is 1. The molecule has 0 aliphatic rings. The van der Waals surface area contributed by atoms with E-state index in [-0.39, 0.29) is 11.9 Å². The van der Waals surface area contributed by atoms with E-state index in [1.807, 2.05) is 30.5 Å². The van der Waals surface area contributed by atoms with Gasteiger partial charge in [0.05, 0.1) is 6.42 Å². The van der Waals surface area contributed by atoms with Gasteiger partial charge in [-0.05, 0) is 17.9 Å². The fourth-order valence-electron chi connectivity index (χ4n) is 1.49. The van der Waals surface area contributed by atoms with E-state index in [1.165, 1.54) is 11.0 Å². The summed E-state index contributed by atoms with van der Waals surface area (Å²) in [6.45, 7) is 0. The molecule has 1 aromatic heterocycles. The predicted molar refractivity (Wildman–Crippen MR) is 67.0 cm³/mol. The van der Waals surface area contributed by atoms with Gasteiger partial charge in [-0.1, -0.05) is 18.2 Å². The Morgan fingerprint density at radius 3 is 2.88 bits per heavy atom. The van der Waals surface area contributed by atoms with Crippen LogP contribution in [0.3, 0.4) is 0 Å². The van der Waals surface area contributed by atoms with Crippen molar-refractivity contribution in [3.05, 3.63) is 36.2 Å². The molecule has 2 aromatic rings. The molecular formula is C11H12N4OS. The molecule has 0 amide bonds. The van der Waals surface area contributed by atoms with Crippen LogP contribution in [0.25, 0.3) is 0 Å². The number of anilines is 1. The number of carbonyl (C=O) groups is 1. The average Bonchev–Trinajstić information content (AvgIpc) is 2.77. The highest BCUT2D eigenvalue weighted by atomic mass is 32.2. The summed E-state index contributed by atoms with van der Waals surface area (Å²) in [5, 5.41) is 3.79. The zero-order chi connectivity index (χ0) is 12.3. The molecule has 6 heteroatoms. The SMILES string of the molecule is CSc1ccccc1CC(=O)n1cnc(N)n1. The number of aromatic nitrogens is 3. The minimum Gasteiger partial charge on any atom is -0.366 e. The van der Waals surface area contributed by atoms with Gasteiger partial charge in [-0.3, -0.25) is 4.79 Å². The van der Waals surface area contributed by atoms with E-state index < -0.39 is 0 Å².